The van der Waals surface area contributed by atoms with Crippen molar-refractivity contribution in [2.24, 2.45) is 5.92 Å². The number of carbonyl (C=O) groups is 2. The highest BCUT2D eigenvalue weighted by molar-refractivity contribution is 7.92. The molecule has 0 fully saturated rings. The van der Waals surface area contributed by atoms with Gasteiger partial charge in [0.1, 0.15) is 0 Å². The van der Waals surface area contributed by atoms with Crippen molar-refractivity contribution in [3.63, 3.8) is 0 Å². The number of nitrogens with one attached hydrogen (secondary N) is 1. The van der Waals surface area contributed by atoms with Crippen LogP contribution in [0.25, 0.3) is 0 Å². The second-order valence-corrected chi connectivity index (χ2v) is 8.36. The predicted octanol–water partition coefficient (Wildman–Crippen LogP) is 2.67. The Morgan fingerprint density at radius 3 is 2.48 bits per heavy atom. The number of amides is 1. The van der Waals surface area contributed by atoms with E-state index < -0.39 is 32.7 Å². The summed E-state index contributed by atoms with van der Waals surface area (Å²) in [6, 6.07) is 10.6. The lowest BCUT2D eigenvalue weighted by atomic mass is 10.1. The summed E-state index contributed by atoms with van der Waals surface area (Å²) in [7, 11) is -2.94. The van der Waals surface area contributed by atoms with Gasteiger partial charge in [0.25, 0.3) is 21.6 Å². The second-order valence-electron chi connectivity index (χ2n) is 6.67. The van der Waals surface area contributed by atoms with Gasteiger partial charge in [0, 0.05) is 25.2 Å². The maximum absolute atomic E-state index is 13.1. The lowest BCUT2D eigenvalue weighted by molar-refractivity contribution is -0.385. The number of nitrogens with zero attached hydrogens (tertiary/aromatic N) is 2. The minimum atomic E-state index is -4.20. The number of esters is 1. The number of nitro benzene ring substituents is 1. The number of hydrogen-bond donors (Lipinski definition) is 1. The van der Waals surface area contributed by atoms with Crippen molar-refractivity contribution in [3.8, 4) is 0 Å². The monoisotopic (exact) mass is 449 g/mol. The van der Waals surface area contributed by atoms with Gasteiger partial charge in [-0.1, -0.05) is 25.1 Å². The highest BCUT2D eigenvalue weighted by Gasteiger charge is 2.25. The summed E-state index contributed by atoms with van der Waals surface area (Å²) in [6.45, 7) is 3.73. The number of hydrogen-bond acceptors (Lipinski definition) is 7. The van der Waals surface area contributed by atoms with Gasteiger partial charge in [-0.05, 0) is 25.1 Å². The lowest BCUT2D eigenvalue weighted by Crippen LogP contribution is -2.37. The molecule has 0 aliphatic rings. The molecule has 11 heteroatoms. The van der Waals surface area contributed by atoms with Crippen molar-refractivity contribution in [1.82, 2.24) is 4.90 Å². The van der Waals surface area contributed by atoms with E-state index in [1.807, 2.05) is 0 Å². The number of anilines is 1. The first kappa shape index (κ1) is 23.8. The van der Waals surface area contributed by atoms with Crippen molar-refractivity contribution in [1.29, 1.82) is 0 Å². The number of ether oxygens (including phenoxy) is 1. The van der Waals surface area contributed by atoms with Crippen LogP contribution in [0.3, 0.4) is 0 Å². The molecule has 0 bridgehead atoms. The van der Waals surface area contributed by atoms with Crippen molar-refractivity contribution < 1.29 is 27.7 Å². The number of benzene rings is 2. The molecule has 1 amide bonds. The fourth-order valence-electron chi connectivity index (χ4n) is 2.86. The van der Waals surface area contributed by atoms with Gasteiger partial charge in [-0.3, -0.25) is 24.4 Å². The van der Waals surface area contributed by atoms with Crippen LogP contribution < -0.4 is 4.72 Å². The summed E-state index contributed by atoms with van der Waals surface area (Å²) in [5, 5.41) is 11.0. The van der Waals surface area contributed by atoms with E-state index in [2.05, 4.69) is 4.72 Å². The first-order valence-corrected chi connectivity index (χ1v) is 10.8. The van der Waals surface area contributed by atoms with Gasteiger partial charge < -0.3 is 9.64 Å². The minimum Gasteiger partial charge on any atom is -0.469 e. The normalized spacial score (nSPS) is 12.0. The molecule has 1 unspecified atom stereocenters. The molecule has 1 atom stereocenters. The molecule has 2 aromatic carbocycles. The summed E-state index contributed by atoms with van der Waals surface area (Å²) in [5.41, 5.74) is -0.278. The first-order valence-electron chi connectivity index (χ1n) is 9.34. The quantitative estimate of drug-likeness (QED) is 0.353. The molecule has 0 aromatic heterocycles. The molecule has 0 aliphatic heterocycles. The van der Waals surface area contributed by atoms with Crippen LogP contribution in [0.1, 0.15) is 24.2 Å². The van der Waals surface area contributed by atoms with Crippen molar-refractivity contribution in [2.75, 3.05) is 24.9 Å². The Morgan fingerprint density at radius 2 is 1.87 bits per heavy atom. The summed E-state index contributed by atoms with van der Waals surface area (Å²) >= 11 is 0. The van der Waals surface area contributed by atoms with Gasteiger partial charge in [0.05, 0.1) is 34.1 Å². The van der Waals surface area contributed by atoms with E-state index in [-0.39, 0.29) is 34.9 Å². The Balaban J connectivity index is 2.34. The van der Waals surface area contributed by atoms with Crippen LogP contribution >= 0.6 is 0 Å². The van der Waals surface area contributed by atoms with E-state index in [9.17, 15) is 28.1 Å². The predicted molar refractivity (Wildman–Crippen MR) is 113 cm³/mol. The van der Waals surface area contributed by atoms with Gasteiger partial charge in [-0.2, -0.15) is 0 Å². The smallest absolute Gasteiger partial charge is 0.310 e. The number of non-ortho nitro benzene ring substituents is 1. The summed E-state index contributed by atoms with van der Waals surface area (Å²) in [4.78, 5) is 36.1. The number of nitro groups is 1. The highest BCUT2D eigenvalue weighted by atomic mass is 32.2. The third-order valence-electron chi connectivity index (χ3n) is 4.51. The van der Waals surface area contributed by atoms with Gasteiger partial charge in [-0.25, -0.2) is 8.42 Å². The van der Waals surface area contributed by atoms with Crippen LogP contribution in [0.5, 0.6) is 0 Å². The first-order chi connectivity index (χ1) is 14.6. The average Bonchev–Trinajstić information content (AvgIpc) is 2.76. The van der Waals surface area contributed by atoms with E-state index in [4.69, 9.17) is 4.74 Å². The van der Waals surface area contributed by atoms with Crippen LogP contribution in [0.15, 0.2) is 53.4 Å². The van der Waals surface area contributed by atoms with E-state index >= 15 is 0 Å². The molecule has 166 valence electrons. The third-order valence-corrected chi connectivity index (χ3v) is 5.87. The minimum absolute atomic E-state index is 0.0168. The van der Waals surface area contributed by atoms with Crippen molar-refractivity contribution in [2.45, 2.75) is 18.7 Å². The van der Waals surface area contributed by atoms with E-state index in [1.54, 1.807) is 26.0 Å². The molecule has 0 saturated carbocycles. The van der Waals surface area contributed by atoms with Gasteiger partial charge in [-0.15, -0.1) is 0 Å². The summed E-state index contributed by atoms with van der Waals surface area (Å²) in [6.07, 6.45) is 0. The fourth-order valence-corrected chi connectivity index (χ4v) is 3.98. The Labute approximate surface area is 180 Å². The molecule has 10 nitrogen and oxygen atoms in total. The number of methoxy groups -OCH3 is 1. The maximum atomic E-state index is 13.1. The summed E-state index contributed by atoms with van der Waals surface area (Å²) in [5.74, 6) is -1.51. The van der Waals surface area contributed by atoms with Crippen LogP contribution in [0, 0.1) is 16.0 Å². The van der Waals surface area contributed by atoms with Crippen LogP contribution in [0.2, 0.25) is 0 Å². The second kappa shape index (κ2) is 10.0. The third kappa shape index (κ3) is 5.79. The average molecular weight is 449 g/mol. The number of para-hydroxylation sites is 1. The van der Waals surface area contributed by atoms with Gasteiger partial charge in [0.2, 0.25) is 0 Å². The van der Waals surface area contributed by atoms with Gasteiger partial charge in [0.15, 0.2) is 0 Å². The van der Waals surface area contributed by atoms with E-state index in [1.165, 1.54) is 42.3 Å². The zero-order valence-electron chi connectivity index (χ0n) is 17.3. The molecular weight excluding hydrogens is 426 g/mol. The topological polar surface area (TPSA) is 136 Å². The van der Waals surface area contributed by atoms with Crippen LogP contribution in [-0.4, -0.2) is 50.3 Å². The fraction of sp³-hybridized carbons (Fsp3) is 0.300. The standard InChI is InChI=1S/C20H23N3O7S/c1-4-22(13-14(2)20(25)30-3)19(24)17-10-5-6-11-18(17)21-31(28,29)16-9-7-8-15(12-16)23(26)27/h5-12,14,21H,4,13H2,1-3H3. The van der Waals surface area contributed by atoms with Crippen molar-refractivity contribution in [3.05, 3.63) is 64.2 Å². The highest BCUT2D eigenvalue weighted by Crippen LogP contribution is 2.24. The molecule has 0 spiro atoms. The molecule has 31 heavy (non-hydrogen) atoms. The molecule has 0 saturated heterocycles. The molecule has 2 aromatic rings. The number of rotatable bonds is 9. The maximum Gasteiger partial charge on any atom is 0.310 e. The Bertz CT molecular complexity index is 1090. The van der Waals surface area contributed by atoms with Crippen LogP contribution in [-0.2, 0) is 19.6 Å². The molecular formula is C20H23N3O7S. The summed E-state index contributed by atoms with van der Waals surface area (Å²) < 4.78 is 32.6. The van der Waals surface area contributed by atoms with Gasteiger partial charge >= 0.3 is 5.97 Å². The Hall–Kier alpha value is -3.47. The lowest BCUT2D eigenvalue weighted by Gasteiger charge is -2.24. The molecule has 2 rings (SSSR count). The Morgan fingerprint density at radius 1 is 1.19 bits per heavy atom. The van der Waals surface area contributed by atoms with Crippen molar-refractivity contribution >= 4 is 33.3 Å². The molecule has 0 aliphatic carbocycles. The van der Waals surface area contributed by atoms with E-state index in [0.717, 1.165) is 6.07 Å². The molecule has 1 N–H and O–H groups in total. The zero-order chi connectivity index (χ0) is 23.2. The zero-order valence-corrected chi connectivity index (χ0v) is 18.1. The van der Waals surface area contributed by atoms with E-state index in [0.29, 0.717) is 0 Å². The largest absolute Gasteiger partial charge is 0.469 e. The van der Waals surface area contributed by atoms with Crippen LogP contribution in [0.4, 0.5) is 11.4 Å². The SMILES string of the molecule is CCN(CC(C)C(=O)OC)C(=O)c1ccccc1NS(=O)(=O)c1cccc([N+](=O)[O-])c1. The molecule has 0 heterocycles. The Kier molecular flexibility index (Phi) is 7.70. The molecule has 0 radical (unpaired) electrons. The number of carbonyl (C=O) groups excluding carboxylic acids is 2. The number of sulfonamides is 1.